The molecule has 1 heterocycles. The van der Waals surface area contributed by atoms with Crippen LogP contribution in [0.3, 0.4) is 0 Å². The van der Waals surface area contributed by atoms with Gasteiger partial charge in [-0.2, -0.15) is 5.10 Å². The van der Waals surface area contributed by atoms with E-state index in [1.54, 1.807) is 6.21 Å². The number of rotatable bonds is 6. The molecule has 1 N–H and O–H groups in total. The van der Waals surface area contributed by atoms with Crippen LogP contribution < -0.4 is 10.2 Å². The number of ether oxygens (including phenoxy) is 1. The Balaban J connectivity index is 1.54. The van der Waals surface area contributed by atoms with Crippen molar-refractivity contribution in [3.63, 3.8) is 0 Å². The van der Waals surface area contributed by atoms with E-state index in [1.807, 2.05) is 78.9 Å². The number of fused-ring (bicyclic) bond motifs is 1. The Morgan fingerprint density at radius 2 is 1.57 bits per heavy atom. The van der Waals surface area contributed by atoms with Crippen LogP contribution in [0.5, 0.6) is 5.88 Å². The Labute approximate surface area is 167 Å². The molecule has 3 aromatic carbocycles. The van der Waals surface area contributed by atoms with Gasteiger partial charge < -0.3 is 4.74 Å². The molecule has 4 rings (SSSR count). The van der Waals surface area contributed by atoms with E-state index < -0.39 is 0 Å². The number of hydrazone groups is 1. The lowest BCUT2D eigenvalue weighted by Gasteiger charge is -2.10. The molecule has 0 amide bonds. The highest BCUT2D eigenvalue weighted by molar-refractivity contribution is 6.30. The second-order valence-corrected chi connectivity index (χ2v) is 6.53. The van der Waals surface area contributed by atoms with E-state index in [0.717, 1.165) is 21.9 Å². The van der Waals surface area contributed by atoms with Gasteiger partial charge in [-0.15, -0.1) is 10.2 Å². The summed E-state index contributed by atoms with van der Waals surface area (Å²) >= 11 is 5.90. The Morgan fingerprint density at radius 3 is 2.36 bits per heavy atom. The van der Waals surface area contributed by atoms with Crippen molar-refractivity contribution >= 4 is 34.4 Å². The predicted octanol–water partition coefficient (Wildman–Crippen LogP) is 5.31. The van der Waals surface area contributed by atoms with Crippen LogP contribution in [-0.4, -0.2) is 16.4 Å². The largest absolute Gasteiger partial charge is 0.471 e. The van der Waals surface area contributed by atoms with E-state index in [0.29, 0.717) is 23.3 Å². The molecule has 0 radical (unpaired) electrons. The van der Waals surface area contributed by atoms with Gasteiger partial charge in [-0.1, -0.05) is 72.3 Å². The Hall–Kier alpha value is -3.44. The van der Waals surface area contributed by atoms with Gasteiger partial charge in [0.2, 0.25) is 5.88 Å². The first kappa shape index (κ1) is 17.9. The lowest BCUT2D eigenvalue weighted by atomic mass is 10.2. The SMILES string of the molecule is Clc1ccc(/C=N/Nc2nnc(OCc3ccccc3)c3ccccc23)cc1. The Kier molecular flexibility index (Phi) is 5.45. The lowest BCUT2D eigenvalue weighted by Crippen LogP contribution is -2.02. The number of benzene rings is 3. The molecule has 0 spiro atoms. The fourth-order valence-electron chi connectivity index (χ4n) is 2.71. The molecule has 0 saturated heterocycles. The van der Waals surface area contributed by atoms with Gasteiger partial charge in [0.05, 0.1) is 6.21 Å². The predicted molar refractivity (Wildman–Crippen MR) is 113 cm³/mol. The van der Waals surface area contributed by atoms with Crippen LogP contribution in [0.15, 0.2) is 84.0 Å². The lowest BCUT2D eigenvalue weighted by molar-refractivity contribution is 0.295. The number of nitrogens with one attached hydrogen (secondary N) is 1. The van der Waals surface area contributed by atoms with Crippen molar-refractivity contribution in [1.29, 1.82) is 0 Å². The third-order valence-electron chi connectivity index (χ3n) is 4.13. The molecule has 0 unspecified atom stereocenters. The zero-order chi connectivity index (χ0) is 19.2. The summed E-state index contributed by atoms with van der Waals surface area (Å²) in [5, 5.41) is 15.2. The van der Waals surface area contributed by atoms with Gasteiger partial charge in [0.15, 0.2) is 5.82 Å². The summed E-state index contributed by atoms with van der Waals surface area (Å²) in [7, 11) is 0. The van der Waals surface area contributed by atoms with Gasteiger partial charge in [-0.3, -0.25) is 5.43 Å². The molecule has 5 nitrogen and oxygen atoms in total. The van der Waals surface area contributed by atoms with Crippen molar-refractivity contribution in [2.24, 2.45) is 5.10 Å². The zero-order valence-electron chi connectivity index (χ0n) is 14.9. The van der Waals surface area contributed by atoms with Gasteiger partial charge in [0, 0.05) is 15.8 Å². The molecule has 0 aliphatic rings. The van der Waals surface area contributed by atoms with E-state index in [2.05, 4.69) is 20.7 Å². The summed E-state index contributed by atoms with van der Waals surface area (Å²) in [6.45, 7) is 0.432. The van der Waals surface area contributed by atoms with Gasteiger partial charge in [0.25, 0.3) is 0 Å². The second kappa shape index (κ2) is 8.50. The normalized spacial score (nSPS) is 11.0. The molecule has 0 bridgehead atoms. The number of nitrogens with zero attached hydrogens (tertiary/aromatic N) is 3. The molecular weight excluding hydrogens is 372 g/mol. The second-order valence-electron chi connectivity index (χ2n) is 6.10. The minimum absolute atomic E-state index is 0.432. The highest BCUT2D eigenvalue weighted by Crippen LogP contribution is 2.28. The molecule has 28 heavy (non-hydrogen) atoms. The van der Waals surface area contributed by atoms with Gasteiger partial charge in [-0.25, -0.2) is 0 Å². The summed E-state index contributed by atoms with van der Waals surface area (Å²) in [4.78, 5) is 0. The maximum absolute atomic E-state index is 5.90. The average Bonchev–Trinajstić information content (AvgIpc) is 2.75. The number of halogens is 1. The summed E-state index contributed by atoms with van der Waals surface area (Å²) in [6, 6.07) is 25.2. The van der Waals surface area contributed by atoms with Crippen LogP contribution in [0.25, 0.3) is 10.8 Å². The summed E-state index contributed by atoms with van der Waals surface area (Å²) in [5.41, 5.74) is 4.96. The quantitative estimate of drug-likeness (QED) is 0.359. The van der Waals surface area contributed by atoms with Crippen LogP contribution >= 0.6 is 11.6 Å². The highest BCUT2D eigenvalue weighted by atomic mass is 35.5. The fraction of sp³-hybridized carbons (Fsp3) is 0.0455. The molecule has 0 atom stereocenters. The van der Waals surface area contributed by atoms with E-state index in [4.69, 9.17) is 16.3 Å². The average molecular weight is 389 g/mol. The fourth-order valence-corrected chi connectivity index (χ4v) is 2.84. The van der Waals surface area contributed by atoms with Crippen LogP contribution in [0, 0.1) is 0 Å². The minimum atomic E-state index is 0.432. The molecule has 0 saturated carbocycles. The maximum atomic E-state index is 5.90. The molecular formula is C22H17ClN4O. The van der Waals surface area contributed by atoms with E-state index in [1.165, 1.54) is 0 Å². The van der Waals surface area contributed by atoms with Crippen molar-refractivity contribution in [3.05, 3.63) is 95.0 Å². The molecule has 6 heteroatoms. The summed E-state index contributed by atoms with van der Waals surface area (Å²) in [6.07, 6.45) is 1.70. The third kappa shape index (κ3) is 4.27. The van der Waals surface area contributed by atoms with Crippen LogP contribution in [0.2, 0.25) is 5.02 Å². The first-order valence-electron chi connectivity index (χ1n) is 8.76. The molecule has 0 fully saturated rings. The van der Waals surface area contributed by atoms with Crippen molar-refractivity contribution in [2.45, 2.75) is 6.61 Å². The zero-order valence-corrected chi connectivity index (χ0v) is 15.7. The maximum Gasteiger partial charge on any atom is 0.241 e. The molecule has 4 aromatic rings. The van der Waals surface area contributed by atoms with E-state index in [-0.39, 0.29) is 0 Å². The van der Waals surface area contributed by atoms with Crippen LogP contribution in [-0.2, 0) is 6.61 Å². The minimum Gasteiger partial charge on any atom is -0.471 e. The summed E-state index contributed by atoms with van der Waals surface area (Å²) < 4.78 is 5.89. The van der Waals surface area contributed by atoms with Gasteiger partial charge in [0.1, 0.15) is 6.61 Å². The van der Waals surface area contributed by atoms with Gasteiger partial charge >= 0.3 is 0 Å². The molecule has 138 valence electrons. The number of aromatic nitrogens is 2. The monoisotopic (exact) mass is 388 g/mol. The first-order chi connectivity index (χ1) is 13.8. The molecule has 0 aliphatic heterocycles. The number of hydrogen-bond acceptors (Lipinski definition) is 5. The standard InChI is InChI=1S/C22H17ClN4O/c23-18-12-10-16(11-13-18)14-24-25-21-19-8-4-5-9-20(19)22(27-26-21)28-15-17-6-2-1-3-7-17/h1-14H,15H2,(H,25,26)/b24-14+. The topological polar surface area (TPSA) is 59.4 Å². The van der Waals surface area contributed by atoms with E-state index in [9.17, 15) is 0 Å². The third-order valence-corrected chi connectivity index (χ3v) is 4.38. The number of anilines is 1. The molecule has 1 aromatic heterocycles. The van der Waals surface area contributed by atoms with Crippen molar-refractivity contribution in [1.82, 2.24) is 10.2 Å². The molecule has 0 aliphatic carbocycles. The van der Waals surface area contributed by atoms with Crippen molar-refractivity contribution in [2.75, 3.05) is 5.43 Å². The Morgan fingerprint density at radius 1 is 0.857 bits per heavy atom. The number of hydrogen-bond donors (Lipinski definition) is 1. The first-order valence-corrected chi connectivity index (χ1v) is 9.14. The van der Waals surface area contributed by atoms with Crippen molar-refractivity contribution in [3.8, 4) is 5.88 Å². The Bertz CT molecular complexity index is 1100. The van der Waals surface area contributed by atoms with Gasteiger partial charge in [-0.05, 0) is 29.3 Å². The smallest absolute Gasteiger partial charge is 0.241 e. The van der Waals surface area contributed by atoms with Crippen molar-refractivity contribution < 1.29 is 4.74 Å². The van der Waals surface area contributed by atoms with Crippen LogP contribution in [0.1, 0.15) is 11.1 Å². The van der Waals surface area contributed by atoms with E-state index >= 15 is 0 Å². The summed E-state index contributed by atoms with van der Waals surface area (Å²) in [5.74, 6) is 1.06. The highest BCUT2D eigenvalue weighted by Gasteiger charge is 2.09. The van der Waals surface area contributed by atoms with Crippen LogP contribution in [0.4, 0.5) is 5.82 Å².